The molecule has 0 aromatic carbocycles. The van der Waals surface area contributed by atoms with Gasteiger partial charge in [-0.25, -0.2) is 0 Å². The van der Waals surface area contributed by atoms with Crippen LogP contribution in [0, 0.1) is 10.1 Å². The van der Waals surface area contributed by atoms with E-state index in [0.717, 1.165) is 0 Å². The van der Waals surface area contributed by atoms with Crippen molar-refractivity contribution < 1.29 is 15.0 Å². The zero-order chi connectivity index (χ0) is 5.70. The van der Waals surface area contributed by atoms with Gasteiger partial charge in [0.15, 0.2) is 0 Å². The predicted molar refractivity (Wildman–Crippen MR) is 20.0 cm³/mol. The molecule has 0 spiro atoms. The molecule has 5 heteroatoms. The molecule has 0 aliphatic carbocycles. The summed E-state index contributed by atoms with van der Waals surface area (Å²) >= 11 is 0. The van der Waals surface area contributed by atoms with E-state index in [0.29, 0.717) is 0 Å². The number of aliphatic hydroxyl groups is 1. The molecule has 0 heterocycles. The maximum Gasteiger partial charge on any atom is 0.294 e. The average Bonchev–Trinajstić information content (AvgIpc) is 1.61. The minimum atomic E-state index is -0.948. The lowest BCUT2D eigenvalue weighted by Gasteiger charge is -1.88. The van der Waals surface area contributed by atoms with Crippen LogP contribution in [0.5, 0.6) is 0 Å². The van der Waals surface area contributed by atoms with Gasteiger partial charge < -0.3 is 9.94 Å². The summed E-state index contributed by atoms with van der Waals surface area (Å²) in [5.41, 5.74) is 0. The Hall–Kier alpha value is -0.840. The van der Waals surface area contributed by atoms with E-state index in [9.17, 15) is 10.1 Å². The monoisotopic (exact) mass is 107 g/mol. The topological polar surface area (TPSA) is 72.6 Å². The maximum atomic E-state index is 9.23. The highest BCUT2D eigenvalue weighted by Crippen LogP contribution is 1.69. The highest BCUT2D eigenvalue weighted by atomic mass is 16.9. The highest BCUT2D eigenvalue weighted by molar-refractivity contribution is 4.11. The minimum Gasteiger partial charge on any atom is -0.394 e. The van der Waals surface area contributed by atoms with Crippen molar-refractivity contribution in [3.63, 3.8) is 0 Å². The Balaban J connectivity index is 2.82. The first kappa shape index (κ1) is 6.16. The lowest BCUT2D eigenvalue weighted by molar-refractivity contribution is -0.758. The van der Waals surface area contributed by atoms with Crippen LogP contribution in [0.25, 0.3) is 0 Å². The normalized spacial score (nSPS) is 8.14. The second kappa shape index (κ2) is 3.35. The molecule has 0 saturated heterocycles. The molecule has 0 rings (SSSR count). The zero-order valence-corrected chi connectivity index (χ0v) is 3.53. The molecule has 42 valence electrons. The standard InChI is InChI=1S/C2H5NO4/c4-1-2-7-3(5)6/h4H,1-2H2. The van der Waals surface area contributed by atoms with Crippen LogP contribution >= 0.6 is 0 Å². The summed E-state index contributed by atoms with van der Waals surface area (Å²) in [5, 5.41) is 16.2. The van der Waals surface area contributed by atoms with E-state index >= 15 is 0 Å². The lowest BCUT2D eigenvalue weighted by Crippen LogP contribution is -2.04. The van der Waals surface area contributed by atoms with Crippen LogP contribution in [-0.4, -0.2) is 23.4 Å². The van der Waals surface area contributed by atoms with Gasteiger partial charge in [0, 0.05) is 0 Å². The predicted octanol–water partition coefficient (Wildman–Crippen LogP) is -0.813. The van der Waals surface area contributed by atoms with E-state index in [2.05, 4.69) is 4.84 Å². The zero-order valence-electron chi connectivity index (χ0n) is 3.53. The van der Waals surface area contributed by atoms with Crippen LogP contribution < -0.4 is 0 Å². The molecule has 0 bridgehead atoms. The van der Waals surface area contributed by atoms with Crippen LogP contribution in [-0.2, 0) is 4.84 Å². The molecule has 5 nitrogen and oxygen atoms in total. The Morgan fingerprint density at radius 2 is 2.43 bits per heavy atom. The molecule has 0 radical (unpaired) electrons. The van der Waals surface area contributed by atoms with Crippen molar-refractivity contribution in [3.05, 3.63) is 10.1 Å². The van der Waals surface area contributed by atoms with E-state index in [1.807, 2.05) is 0 Å². The Kier molecular flexibility index (Phi) is 2.95. The van der Waals surface area contributed by atoms with Gasteiger partial charge in [0.25, 0.3) is 5.09 Å². The van der Waals surface area contributed by atoms with E-state index in [4.69, 9.17) is 5.11 Å². The largest absolute Gasteiger partial charge is 0.394 e. The minimum absolute atomic E-state index is 0.243. The summed E-state index contributed by atoms with van der Waals surface area (Å²) in [6.45, 7) is -0.562. The van der Waals surface area contributed by atoms with Crippen molar-refractivity contribution in [3.8, 4) is 0 Å². The average molecular weight is 107 g/mol. The van der Waals surface area contributed by atoms with Gasteiger partial charge in [-0.15, -0.1) is 10.1 Å². The Labute approximate surface area is 39.6 Å². The van der Waals surface area contributed by atoms with Gasteiger partial charge in [-0.05, 0) is 0 Å². The fraction of sp³-hybridized carbons (Fsp3) is 1.00. The van der Waals surface area contributed by atoms with Crippen molar-refractivity contribution >= 4 is 0 Å². The molecular weight excluding hydrogens is 102 g/mol. The van der Waals surface area contributed by atoms with E-state index in [-0.39, 0.29) is 13.2 Å². The molecule has 0 fully saturated rings. The van der Waals surface area contributed by atoms with Gasteiger partial charge in [-0.2, -0.15) is 0 Å². The molecular formula is C2H5NO4. The molecule has 1 N–H and O–H groups in total. The molecule has 0 amide bonds. The molecule has 7 heavy (non-hydrogen) atoms. The summed E-state index contributed by atoms with van der Waals surface area (Å²) in [5.74, 6) is 0. The van der Waals surface area contributed by atoms with Gasteiger partial charge in [-0.3, -0.25) is 0 Å². The van der Waals surface area contributed by atoms with Gasteiger partial charge in [0.1, 0.15) is 6.61 Å². The van der Waals surface area contributed by atoms with Crippen molar-refractivity contribution in [2.45, 2.75) is 0 Å². The van der Waals surface area contributed by atoms with E-state index in [1.54, 1.807) is 0 Å². The van der Waals surface area contributed by atoms with Gasteiger partial charge in [0.2, 0.25) is 0 Å². The van der Waals surface area contributed by atoms with Crippen LogP contribution in [0.1, 0.15) is 0 Å². The Morgan fingerprint density at radius 3 is 2.57 bits per heavy atom. The lowest BCUT2D eigenvalue weighted by atomic mass is 10.8. The van der Waals surface area contributed by atoms with Crippen molar-refractivity contribution in [1.29, 1.82) is 0 Å². The van der Waals surface area contributed by atoms with Crippen molar-refractivity contribution in [2.24, 2.45) is 0 Å². The molecule has 0 aromatic rings. The first-order valence-corrected chi connectivity index (χ1v) is 1.65. The number of hydrogen-bond acceptors (Lipinski definition) is 4. The number of hydrogen-bond donors (Lipinski definition) is 1. The van der Waals surface area contributed by atoms with Gasteiger partial charge in [0.05, 0.1) is 6.61 Å². The van der Waals surface area contributed by atoms with Crippen LogP contribution in [0.4, 0.5) is 0 Å². The smallest absolute Gasteiger partial charge is 0.294 e. The fourth-order valence-electron chi connectivity index (χ4n) is 0.115. The number of rotatable bonds is 3. The fourth-order valence-corrected chi connectivity index (χ4v) is 0.115. The molecule has 0 atom stereocenters. The van der Waals surface area contributed by atoms with Gasteiger partial charge >= 0.3 is 0 Å². The Bertz CT molecular complexity index is 62.7. The summed E-state index contributed by atoms with van der Waals surface area (Å²) in [6, 6.07) is 0. The van der Waals surface area contributed by atoms with Crippen molar-refractivity contribution in [1.82, 2.24) is 0 Å². The molecule has 0 unspecified atom stereocenters. The SMILES string of the molecule is O=[N+]([O-])OCCO. The maximum absolute atomic E-state index is 9.23. The number of aliphatic hydroxyl groups excluding tert-OH is 1. The van der Waals surface area contributed by atoms with Crippen molar-refractivity contribution in [2.75, 3.05) is 13.2 Å². The van der Waals surface area contributed by atoms with E-state index in [1.165, 1.54) is 0 Å². The highest BCUT2D eigenvalue weighted by Gasteiger charge is 1.88. The quantitative estimate of drug-likeness (QED) is 0.378. The third-order valence-corrected chi connectivity index (χ3v) is 0.288. The van der Waals surface area contributed by atoms with E-state index < -0.39 is 5.09 Å². The Morgan fingerprint density at radius 1 is 1.86 bits per heavy atom. The third-order valence-electron chi connectivity index (χ3n) is 0.288. The molecule has 0 aliphatic heterocycles. The number of nitrogens with zero attached hydrogens (tertiary/aromatic N) is 1. The summed E-state index contributed by atoms with van der Waals surface area (Å²) in [6.07, 6.45) is 0. The third kappa shape index (κ3) is 5.16. The van der Waals surface area contributed by atoms with Crippen LogP contribution in [0.3, 0.4) is 0 Å². The molecule has 0 aliphatic rings. The first-order chi connectivity index (χ1) is 3.27. The molecule has 0 saturated carbocycles. The van der Waals surface area contributed by atoms with Gasteiger partial charge in [-0.1, -0.05) is 0 Å². The summed E-state index contributed by atoms with van der Waals surface area (Å²) in [4.78, 5) is 12.9. The second-order valence-electron chi connectivity index (χ2n) is 0.780. The summed E-state index contributed by atoms with van der Waals surface area (Å²) in [7, 11) is 0. The second-order valence-corrected chi connectivity index (χ2v) is 0.780. The van der Waals surface area contributed by atoms with Crippen LogP contribution in [0.2, 0.25) is 0 Å². The first-order valence-electron chi connectivity index (χ1n) is 1.65. The van der Waals surface area contributed by atoms with Crippen LogP contribution in [0.15, 0.2) is 0 Å². The molecule has 0 aromatic heterocycles. The summed E-state index contributed by atoms with van der Waals surface area (Å²) < 4.78 is 0.